The van der Waals surface area contributed by atoms with Gasteiger partial charge in [0.1, 0.15) is 5.75 Å². The molecule has 1 fully saturated rings. The standard InChI is InChI=1S/C13H19NO2/c1-10-11(9-15)6-7-14(10)12-4-3-5-13(8-12)16-2/h3-5,8,10-11,15H,6-7,9H2,1-2H3. The fourth-order valence-electron chi connectivity index (χ4n) is 2.40. The van der Waals surface area contributed by atoms with Crippen LogP contribution < -0.4 is 9.64 Å². The second kappa shape index (κ2) is 4.74. The maximum atomic E-state index is 9.25. The lowest BCUT2D eigenvalue weighted by atomic mass is 10.0. The fraction of sp³-hybridized carbons (Fsp3) is 0.538. The van der Waals surface area contributed by atoms with Gasteiger partial charge in [0.05, 0.1) is 7.11 Å². The summed E-state index contributed by atoms with van der Waals surface area (Å²) in [5.41, 5.74) is 1.18. The second-order valence-corrected chi connectivity index (χ2v) is 4.37. The maximum absolute atomic E-state index is 9.25. The molecule has 0 aliphatic carbocycles. The van der Waals surface area contributed by atoms with Gasteiger partial charge in [-0.3, -0.25) is 0 Å². The zero-order valence-corrected chi connectivity index (χ0v) is 9.89. The lowest BCUT2D eigenvalue weighted by Gasteiger charge is -2.26. The zero-order chi connectivity index (χ0) is 11.5. The first kappa shape index (κ1) is 11.3. The summed E-state index contributed by atoms with van der Waals surface area (Å²) in [7, 11) is 1.68. The average molecular weight is 221 g/mol. The first-order valence-electron chi connectivity index (χ1n) is 5.78. The Morgan fingerprint density at radius 3 is 2.94 bits per heavy atom. The largest absolute Gasteiger partial charge is 0.497 e. The Morgan fingerprint density at radius 1 is 1.50 bits per heavy atom. The number of nitrogens with zero attached hydrogens (tertiary/aromatic N) is 1. The van der Waals surface area contributed by atoms with Gasteiger partial charge in [-0.05, 0) is 25.5 Å². The molecule has 1 aromatic carbocycles. The summed E-state index contributed by atoms with van der Waals surface area (Å²) >= 11 is 0. The van der Waals surface area contributed by atoms with Crippen molar-refractivity contribution in [3.8, 4) is 5.75 Å². The minimum Gasteiger partial charge on any atom is -0.497 e. The molecule has 3 nitrogen and oxygen atoms in total. The molecule has 0 radical (unpaired) electrons. The SMILES string of the molecule is COc1cccc(N2CCC(CO)C2C)c1. The molecule has 2 unspecified atom stereocenters. The highest BCUT2D eigenvalue weighted by molar-refractivity contribution is 5.52. The van der Waals surface area contributed by atoms with Crippen LogP contribution in [0.2, 0.25) is 0 Å². The lowest BCUT2D eigenvalue weighted by Crippen LogP contribution is -2.30. The normalized spacial score (nSPS) is 24.8. The van der Waals surface area contributed by atoms with Crippen molar-refractivity contribution in [2.75, 3.05) is 25.2 Å². The molecule has 1 saturated heterocycles. The highest BCUT2D eigenvalue weighted by atomic mass is 16.5. The van der Waals surface area contributed by atoms with E-state index in [-0.39, 0.29) is 6.61 Å². The summed E-state index contributed by atoms with van der Waals surface area (Å²) in [6.45, 7) is 3.47. The molecule has 1 heterocycles. The number of hydrogen-bond donors (Lipinski definition) is 1. The Balaban J connectivity index is 2.18. The summed E-state index contributed by atoms with van der Waals surface area (Å²) < 4.78 is 5.23. The van der Waals surface area contributed by atoms with Gasteiger partial charge >= 0.3 is 0 Å². The van der Waals surface area contributed by atoms with E-state index < -0.39 is 0 Å². The molecule has 0 spiro atoms. The fourth-order valence-corrected chi connectivity index (χ4v) is 2.40. The number of anilines is 1. The molecule has 1 aromatic rings. The van der Waals surface area contributed by atoms with Gasteiger partial charge in [-0.15, -0.1) is 0 Å². The van der Waals surface area contributed by atoms with Gasteiger partial charge in [0.15, 0.2) is 0 Å². The molecule has 0 bridgehead atoms. The average Bonchev–Trinajstić information content (AvgIpc) is 2.70. The molecule has 0 amide bonds. The van der Waals surface area contributed by atoms with Crippen molar-refractivity contribution in [2.24, 2.45) is 5.92 Å². The molecule has 2 rings (SSSR count). The van der Waals surface area contributed by atoms with E-state index in [1.165, 1.54) is 5.69 Å². The van der Waals surface area contributed by atoms with Crippen LogP contribution >= 0.6 is 0 Å². The lowest BCUT2D eigenvalue weighted by molar-refractivity contribution is 0.221. The van der Waals surface area contributed by atoms with E-state index in [4.69, 9.17) is 4.74 Å². The number of aliphatic hydroxyl groups excluding tert-OH is 1. The number of benzene rings is 1. The molecule has 1 aliphatic rings. The summed E-state index contributed by atoms with van der Waals surface area (Å²) in [5.74, 6) is 1.28. The van der Waals surface area contributed by atoms with Crippen LogP contribution in [0.3, 0.4) is 0 Å². The number of ether oxygens (including phenoxy) is 1. The Morgan fingerprint density at radius 2 is 2.31 bits per heavy atom. The number of rotatable bonds is 3. The molecule has 1 aliphatic heterocycles. The summed E-state index contributed by atoms with van der Waals surface area (Å²) in [6, 6.07) is 8.51. The van der Waals surface area contributed by atoms with Gasteiger partial charge in [-0.25, -0.2) is 0 Å². The van der Waals surface area contributed by atoms with E-state index in [2.05, 4.69) is 24.0 Å². The van der Waals surface area contributed by atoms with Crippen LogP contribution in [-0.4, -0.2) is 31.4 Å². The van der Waals surface area contributed by atoms with E-state index in [9.17, 15) is 5.11 Å². The molecule has 3 heteroatoms. The Kier molecular flexibility index (Phi) is 3.34. The maximum Gasteiger partial charge on any atom is 0.120 e. The van der Waals surface area contributed by atoms with E-state index in [1.807, 2.05) is 12.1 Å². The molecule has 0 saturated carbocycles. The van der Waals surface area contributed by atoms with Crippen LogP contribution in [-0.2, 0) is 0 Å². The number of methoxy groups -OCH3 is 1. The smallest absolute Gasteiger partial charge is 0.120 e. The van der Waals surface area contributed by atoms with Gasteiger partial charge in [-0.2, -0.15) is 0 Å². The second-order valence-electron chi connectivity index (χ2n) is 4.37. The van der Waals surface area contributed by atoms with Crippen molar-refractivity contribution in [3.05, 3.63) is 24.3 Å². The Hall–Kier alpha value is -1.22. The van der Waals surface area contributed by atoms with Crippen molar-refractivity contribution in [3.63, 3.8) is 0 Å². The molecular weight excluding hydrogens is 202 g/mol. The third kappa shape index (κ3) is 2.00. The zero-order valence-electron chi connectivity index (χ0n) is 9.89. The Bertz CT molecular complexity index is 354. The van der Waals surface area contributed by atoms with Gasteiger partial charge in [-0.1, -0.05) is 6.07 Å². The third-order valence-electron chi connectivity index (χ3n) is 3.53. The van der Waals surface area contributed by atoms with Crippen molar-refractivity contribution >= 4 is 5.69 Å². The first-order chi connectivity index (χ1) is 7.76. The molecule has 2 atom stereocenters. The highest BCUT2D eigenvalue weighted by Crippen LogP contribution is 2.31. The number of hydrogen-bond acceptors (Lipinski definition) is 3. The topological polar surface area (TPSA) is 32.7 Å². The monoisotopic (exact) mass is 221 g/mol. The van der Waals surface area contributed by atoms with Crippen LogP contribution in [0.25, 0.3) is 0 Å². The van der Waals surface area contributed by atoms with Crippen LogP contribution in [0.5, 0.6) is 5.75 Å². The molecule has 88 valence electrons. The predicted octanol–water partition coefficient (Wildman–Crippen LogP) is 1.90. The minimum absolute atomic E-state index is 0.279. The minimum atomic E-state index is 0.279. The highest BCUT2D eigenvalue weighted by Gasteiger charge is 2.30. The van der Waals surface area contributed by atoms with Gasteiger partial charge in [0.2, 0.25) is 0 Å². The summed E-state index contributed by atoms with van der Waals surface area (Å²) in [4.78, 5) is 2.34. The summed E-state index contributed by atoms with van der Waals surface area (Å²) in [5, 5.41) is 9.25. The van der Waals surface area contributed by atoms with Crippen molar-refractivity contribution in [1.29, 1.82) is 0 Å². The summed E-state index contributed by atoms with van der Waals surface area (Å²) in [6.07, 6.45) is 1.06. The van der Waals surface area contributed by atoms with Crippen molar-refractivity contribution in [2.45, 2.75) is 19.4 Å². The number of aliphatic hydroxyl groups is 1. The quantitative estimate of drug-likeness (QED) is 0.846. The molecule has 16 heavy (non-hydrogen) atoms. The van der Waals surface area contributed by atoms with Crippen LogP contribution in [0.4, 0.5) is 5.69 Å². The predicted molar refractivity (Wildman–Crippen MR) is 65.0 cm³/mol. The van der Waals surface area contributed by atoms with Gasteiger partial charge in [0.25, 0.3) is 0 Å². The van der Waals surface area contributed by atoms with E-state index in [1.54, 1.807) is 7.11 Å². The molecular formula is C13H19NO2. The van der Waals surface area contributed by atoms with E-state index >= 15 is 0 Å². The van der Waals surface area contributed by atoms with Gasteiger partial charge < -0.3 is 14.7 Å². The van der Waals surface area contributed by atoms with Crippen LogP contribution in [0.15, 0.2) is 24.3 Å². The van der Waals surface area contributed by atoms with Crippen molar-refractivity contribution in [1.82, 2.24) is 0 Å². The third-order valence-corrected chi connectivity index (χ3v) is 3.53. The Labute approximate surface area is 96.6 Å². The van der Waals surface area contributed by atoms with E-state index in [0.717, 1.165) is 18.7 Å². The van der Waals surface area contributed by atoms with Crippen LogP contribution in [0, 0.1) is 5.92 Å². The first-order valence-corrected chi connectivity index (χ1v) is 5.78. The van der Waals surface area contributed by atoms with E-state index in [0.29, 0.717) is 12.0 Å². The molecule has 1 N–H and O–H groups in total. The van der Waals surface area contributed by atoms with Gasteiger partial charge in [0, 0.05) is 36.9 Å². The molecule has 0 aromatic heterocycles. The van der Waals surface area contributed by atoms with Crippen molar-refractivity contribution < 1.29 is 9.84 Å². The van der Waals surface area contributed by atoms with Crippen LogP contribution in [0.1, 0.15) is 13.3 Å².